The average Bonchev–Trinajstić information content (AvgIpc) is 2.94. The summed E-state index contributed by atoms with van der Waals surface area (Å²) in [5, 5.41) is 20.9. The molecule has 2 aromatic carbocycles. The number of aliphatic carboxylic acids is 1. The molecule has 3 atom stereocenters. The van der Waals surface area contributed by atoms with E-state index in [1.165, 1.54) is 12.1 Å². The Morgan fingerprint density at radius 1 is 1.20 bits per heavy atom. The van der Waals surface area contributed by atoms with Gasteiger partial charge < -0.3 is 14.9 Å². The van der Waals surface area contributed by atoms with Crippen LogP contribution in [-0.2, 0) is 11.0 Å². The average molecular weight is 589 g/mol. The van der Waals surface area contributed by atoms with Gasteiger partial charge in [0, 0.05) is 30.1 Å². The van der Waals surface area contributed by atoms with Crippen LogP contribution in [-0.4, -0.2) is 52.8 Å². The van der Waals surface area contributed by atoms with Crippen LogP contribution in [0.1, 0.15) is 54.9 Å². The molecule has 1 saturated heterocycles. The molecule has 0 aliphatic carbocycles. The second kappa shape index (κ2) is 13.6. The molecule has 1 aliphatic heterocycles. The molecule has 41 heavy (non-hydrogen) atoms. The highest BCUT2D eigenvalue weighted by Crippen LogP contribution is 2.36. The Morgan fingerprint density at radius 3 is 2.73 bits per heavy atom. The fourth-order valence-corrected chi connectivity index (χ4v) is 5.71. The van der Waals surface area contributed by atoms with Crippen LogP contribution in [0.25, 0.3) is 10.9 Å². The highest BCUT2D eigenvalue weighted by molar-refractivity contribution is 6.31. The molecule has 0 bridgehead atoms. The molecule has 0 radical (unpaired) electrons. The van der Waals surface area contributed by atoms with Crippen molar-refractivity contribution in [2.45, 2.75) is 44.4 Å². The minimum atomic E-state index is -4.56. The van der Waals surface area contributed by atoms with E-state index in [0.29, 0.717) is 31.7 Å². The third kappa shape index (κ3) is 8.13. The van der Waals surface area contributed by atoms with Gasteiger partial charge in [0.15, 0.2) is 0 Å². The number of likely N-dealkylation sites (tertiary alicyclic amines) is 1. The van der Waals surface area contributed by atoms with Crippen LogP contribution in [0.2, 0.25) is 5.02 Å². The molecule has 1 fully saturated rings. The highest BCUT2D eigenvalue weighted by atomic mass is 35.5. The summed E-state index contributed by atoms with van der Waals surface area (Å²) in [6.45, 7) is 1.71. The smallest absolute Gasteiger partial charge is 0.417 e. The first-order chi connectivity index (χ1) is 19.5. The van der Waals surface area contributed by atoms with Gasteiger partial charge in [0.1, 0.15) is 5.75 Å². The van der Waals surface area contributed by atoms with E-state index in [4.69, 9.17) is 16.3 Å². The topological polar surface area (TPSA) is 82.9 Å². The van der Waals surface area contributed by atoms with Crippen molar-refractivity contribution < 1.29 is 32.9 Å². The Bertz CT molecular complexity index is 1440. The summed E-state index contributed by atoms with van der Waals surface area (Å²) in [5.41, 5.74) is 0.861. The number of piperidine rings is 1. The Balaban J connectivity index is 1.40. The quantitative estimate of drug-likeness (QED) is 0.275. The predicted molar refractivity (Wildman–Crippen MR) is 151 cm³/mol. The summed E-state index contributed by atoms with van der Waals surface area (Å²) in [6, 6.07) is 11.0. The number of alkyl halides is 3. The number of nitrogens with zero attached hydrogens (tertiary/aromatic N) is 2. The SMILES string of the molecule is COc1ccc2nccc([C@@H](O)CCC3CCN(CC#Cc4ccc(Cl)c(C(F)(F)F)c4)CC3CCC(=O)O)c2c1. The number of aliphatic hydroxyl groups is 1. The van der Waals surface area contributed by atoms with Crippen LogP contribution in [0.15, 0.2) is 48.7 Å². The number of fused-ring (bicyclic) bond motifs is 1. The summed E-state index contributed by atoms with van der Waals surface area (Å²) >= 11 is 5.69. The number of halogens is 4. The number of aliphatic hydroxyl groups excluding tert-OH is 1. The standard InChI is InChI=1S/C31H32ClF3N2O4/c1-41-23-7-9-28-25(18-23)24(12-14-36-28)29(38)10-5-21-13-16-37(19-22(21)6-11-30(39)40)15-2-3-20-4-8-27(32)26(17-20)31(33,34)35/h4,7-9,12,14,17-18,21-22,29,38H,5-6,10-11,13,15-16,19H2,1H3,(H,39,40)/t21?,22?,29-/m0/s1. The third-order valence-electron chi connectivity index (χ3n) is 7.66. The van der Waals surface area contributed by atoms with Gasteiger partial charge in [0.25, 0.3) is 0 Å². The molecule has 6 nitrogen and oxygen atoms in total. The maximum absolute atomic E-state index is 13.2. The molecule has 2 unspecified atom stereocenters. The molecular formula is C31H32ClF3N2O4. The molecule has 10 heteroatoms. The van der Waals surface area contributed by atoms with Crippen LogP contribution >= 0.6 is 11.6 Å². The molecular weight excluding hydrogens is 557 g/mol. The Morgan fingerprint density at radius 2 is 2.00 bits per heavy atom. The van der Waals surface area contributed by atoms with Gasteiger partial charge in [-0.2, -0.15) is 13.2 Å². The van der Waals surface area contributed by atoms with Crippen LogP contribution in [0.3, 0.4) is 0 Å². The third-order valence-corrected chi connectivity index (χ3v) is 7.99. The minimum absolute atomic E-state index is 0.0447. The maximum Gasteiger partial charge on any atom is 0.417 e. The van der Waals surface area contributed by atoms with E-state index < -0.39 is 23.8 Å². The monoisotopic (exact) mass is 588 g/mol. The van der Waals surface area contributed by atoms with Gasteiger partial charge in [-0.05, 0) is 92.1 Å². The highest BCUT2D eigenvalue weighted by Gasteiger charge is 2.33. The molecule has 218 valence electrons. The number of hydrogen-bond acceptors (Lipinski definition) is 5. The van der Waals surface area contributed by atoms with E-state index >= 15 is 0 Å². The van der Waals surface area contributed by atoms with Crippen molar-refractivity contribution in [1.29, 1.82) is 0 Å². The first-order valence-electron chi connectivity index (χ1n) is 13.5. The molecule has 0 spiro atoms. The van der Waals surface area contributed by atoms with E-state index in [1.54, 1.807) is 13.3 Å². The summed E-state index contributed by atoms with van der Waals surface area (Å²) in [7, 11) is 1.59. The Labute approximate surface area is 242 Å². The van der Waals surface area contributed by atoms with E-state index in [2.05, 4.69) is 21.7 Å². The lowest BCUT2D eigenvalue weighted by molar-refractivity contribution is -0.138. The van der Waals surface area contributed by atoms with Crippen molar-refractivity contribution in [3.63, 3.8) is 0 Å². The minimum Gasteiger partial charge on any atom is -0.497 e. The molecule has 0 amide bonds. The number of pyridine rings is 1. The fraction of sp³-hybridized carbons (Fsp3) is 0.419. The second-order valence-electron chi connectivity index (χ2n) is 10.3. The van der Waals surface area contributed by atoms with Crippen molar-refractivity contribution in [2.24, 2.45) is 11.8 Å². The van der Waals surface area contributed by atoms with Crippen LogP contribution in [0, 0.1) is 23.7 Å². The van der Waals surface area contributed by atoms with Crippen molar-refractivity contribution in [2.75, 3.05) is 26.7 Å². The lowest BCUT2D eigenvalue weighted by atomic mass is 9.79. The normalized spacial score (nSPS) is 18.5. The Kier molecular flexibility index (Phi) is 10.1. The molecule has 2 N–H and O–H groups in total. The number of methoxy groups -OCH3 is 1. The van der Waals surface area contributed by atoms with Gasteiger partial charge in [-0.25, -0.2) is 0 Å². The summed E-state index contributed by atoms with van der Waals surface area (Å²) in [6.07, 6.45) is -0.993. The molecule has 1 aromatic heterocycles. The van der Waals surface area contributed by atoms with Gasteiger partial charge in [0.05, 0.1) is 35.9 Å². The van der Waals surface area contributed by atoms with E-state index in [1.807, 2.05) is 24.3 Å². The lowest BCUT2D eigenvalue weighted by Crippen LogP contribution is -2.41. The number of rotatable bonds is 9. The van der Waals surface area contributed by atoms with Gasteiger partial charge in [0.2, 0.25) is 0 Å². The molecule has 1 aliphatic rings. The fourth-order valence-electron chi connectivity index (χ4n) is 5.48. The first kappa shape index (κ1) is 30.6. The van der Waals surface area contributed by atoms with Gasteiger partial charge in [-0.15, -0.1) is 0 Å². The lowest BCUT2D eigenvalue weighted by Gasteiger charge is -2.38. The largest absolute Gasteiger partial charge is 0.497 e. The Hall–Kier alpha value is -3.32. The maximum atomic E-state index is 13.2. The van der Waals surface area contributed by atoms with Crippen molar-refractivity contribution in [3.05, 3.63) is 70.4 Å². The van der Waals surface area contributed by atoms with Crippen LogP contribution in [0.5, 0.6) is 5.75 Å². The molecule has 2 heterocycles. The van der Waals surface area contributed by atoms with Gasteiger partial charge in [-0.1, -0.05) is 23.4 Å². The predicted octanol–water partition coefficient (Wildman–Crippen LogP) is 6.58. The summed E-state index contributed by atoms with van der Waals surface area (Å²) in [5.74, 6) is 5.90. The van der Waals surface area contributed by atoms with Gasteiger partial charge in [-0.3, -0.25) is 14.7 Å². The number of aromatic nitrogens is 1. The van der Waals surface area contributed by atoms with Gasteiger partial charge >= 0.3 is 12.1 Å². The number of benzene rings is 2. The van der Waals surface area contributed by atoms with Crippen molar-refractivity contribution >= 4 is 28.5 Å². The number of carboxylic acid groups (broad SMARTS) is 1. The molecule has 0 saturated carbocycles. The molecule has 3 aromatic rings. The van der Waals surface area contributed by atoms with E-state index in [9.17, 15) is 28.2 Å². The van der Waals surface area contributed by atoms with Crippen LogP contribution < -0.4 is 4.74 Å². The zero-order chi connectivity index (χ0) is 29.6. The van der Waals surface area contributed by atoms with E-state index in [-0.39, 0.29) is 28.8 Å². The van der Waals surface area contributed by atoms with Crippen LogP contribution in [0.4, 0.5) is 13.2 Å². The number of hydrogen-bond donors (Lipinski definition) is 2. The summed E-state index contributed by atoms with van der Waals surface area (Å²) < 4.78 is 44.8. The zero-order valence-electron chi connectivity index (χ0n) is 22.6. The first-order valence-corrected chi connectivity index (χ1v) is 13.8. The number of carbonyl (C=O) groups is 1. The zero-order valence-corrected chi connectivity index (χ0v) is 23.4. The second-order valence-corrected chi connectivity index (χ2v) is 10.8. The van der Waals surface area contributed by atoms with Crippen molar-refractivity contribution in [1.82, 2.24) is 9.88 Å². The molecule has 4 rings (SSSR count). The number of ether oxygens (including phenoxy) is 1. The van der Waals surface area contributed by atoms with Crippen molar-refractivity contribution in [3.8, 4) is 17.6 Å². The summed E-state index contributed by atoms with van der Waals surface area (Å²) in [4.78, 5) is 17.8. The number of carboxylic acids is 1. The van der Waals surface area contributed by atoms with E-state index in [0.717, 1.165) is 41.9 Å².